The Morgan fingerprint density at radius 2 is 1.67 bits per heavy atom. The van der Waals surface area contributed by atoms with Crippen molar-refractivity contribution in [2.45, 2.75) is 0 Å². The molecule has 2 aromatic rings. The van der Waals surface area contributed by atoms with E-state index in [0.717, 1.165) is 11.3 Å². The van der Waals surface area contributed by atoms with Crippen molar-refractivity contribution in [1.82, 2.24) is 5.43 Å². The van der Waals surface area contributed by atoms with Gasteiger partial charge in [0, 0.05) is 5.56 Å². The summed E-state index contributed by atoms with van der Waals surface area (Å²) in [7, 11) is 0. The van der Waals surface area contributed by atoms with Crippen LogP contribution in [0, 0.1) is 11.3 Å². The van der Waals surface area contributed by atoms with Gasteiger partial charge in [-0.1, -0.05) is 42.5 Å². The van der Waals surface area contributed by atoms with Crippen LogP contribution < -0.4 is 10.9 Å². The van der Waals surface area contributed by atoms with E-state index in [-0.39, 0.29) is 0 Å². The quantitative estimate of drug-likeness (QED) is 0.652. The number of nitriles is 1. The van der Waals surface area contributed by atoms with Gasteiger partial charge in [-0.15, -0.1) is 0 Å². The molecule has 0 aliphatic rings. The molecule has 2 N–H and O–H groups in total. The van der Waals surface area contributed by atoms with Crippen LogP contribution in [0.5, 0.6) is 0 Å². The molecule has 18 heavy (non-hydrogen) atoms. The largest absolute Gasteiger partial charge is 0.300 e. The van der Waals surface area contributed by atoms with Crippen molar-refractivity contribution in [3.63, 3.8) is 0 Å². The molecule has 0 amide bonds. The number of benzene rings is 2. The van der Waals surface area contributed by atoms with Gasteiger partial charge in [0.15, 0.2) is 0 Å². The van der Waals surface area contributed by atoms with E-state index in [9.17, 15) is 0 Å². The molecule has 0 aliphatic carbocycles. The molecule has 2 aromatic carbocycles. The topological polar surface area (TPSA) is 47.9 Å². The van der Waals surface area contributed by atoms with Crippen molar-refractivity contribution in [2.75, 3.05) is 5.43 Å². The fourth-order valence-corrected chi connectivity index (χ4v) is 1.61. The normalized spacial score (nSPS) is 9.28. The lowest BCUT2D eigenvalue weighted by molar-refractivity contribution is 1.14. The lowest BCUT2D eigenvalue weighted by atomic mass is 10.2. The molecule has 0 heterocycles. The minimum Gasteiger partial charge on any atom is -0.300 e. The van der Waals surface area contributed by atoms with Crippen LogP contribution in [0.15, 0.2) is 54.6 Å². The summed E-state index contributed by atoms with van der Waals surface area (Å²) in [5.41, 5.74) is 8.38. The van der Waals surface area contributed by atoms with Crippen molar-refractivity contribution in [2.24, 2.45) is 0 Å². The van der Waals surface area contributed by atoms with Gasteiger partial charge < -0.3 is 5.43 Å². The maximum Gasteiger partial charge on any atom is 0.125 e. The number of nitrogens with zero attached hydrogens (tertiary/aromatic N) is 1. The maximum absolute atomic E-state index is 8.69. The van der Waals surface area contributed by atoms with Crippen LogP contribution in [0.25, 0.3) is 0 Å². The predicted molar refractivity (Wildman–Crippen MR) is 76.1 cm³/mol. The van der Waals surface area contributed by atoms with Crippen molar-refractivity contribution in [1.29, 1.82) is 5.26 Å². The van der Waals surface area contributed by atoms with E-state index in [0.29, 0.717) is 10.6 Å². The van der Waals surface area contributed by atoms with E-state index in [1.807, 2.05) is 42.5 Å². The van der Waals surface area contributed by atoms with E-state index < -0.39 is 0 Å². The molecule has 2 rings (SSSR count). The minimum atomic E-state index is 0.625. The highest BCUT2D eigenvalue weighted by atomic mass is 32.1. The lowest BCUT2D eigenvalue weighted by Gasteiger charge is -2.10. The average molecular weight is 253 g/mol. The molecule has 0 aromatic heterocycles. The number of rotatable bonds is 3. The van der Waals surface area contributed by atoms with Gasteiger partial charge in [-0.05, 0) is 24.3 Å². The van der Waals surface area contributed by atoms with Crippen LogP contribution >= 0.6 is 12.2 Å². The van der Waals surface area contributed by atoms with Crippen LogP contribution in [-0.2, 0) is 0 Å². The Bertz CT molecular complexity index is 570. The smallest absolute Gasteiger partial charge is 0.125 e. The van der Waals surface area contributed by atoms with Gasteiger partial charge in [0.25, 0.3) is 0 Å². The first-order valence-electron chi connectivity index (χ1n) is 5.41. The van der Waals surface area contributed by atoms with Crippen molar-refractivity contribution in [3.8, 4) is 6.07 Å². The summed E-state index contributed by atoms with van der Waals surface area (Å²) < 4.78 is 0. The first-order valence-corrected chi connectivity index (χ1v) is 5.82. The zero-order valence-corrected chi connectivity index (χ0v) is 10.4. The zero-order valence-electron chi connectivity index (χ0n) is 9.55. The number of hydrazine groups is 1. The second-order valence-corrected chi connectivity index (χ2v) is 4.04. The molecule has 0 unspecified atom stereocenters. The molecular formula is C14H11N3S. The first kappa shape index (κ1) is 12.1. The SMILES string of the molecule is N#Cc1ccc(NNC(=S)c2ccccc2)cc1. The molecule has 0 saturated heterocycles. The van der Waals surface area contributed by atoms with Gasteiger partial charge in [-0.2, -0.15) is 5.26 Å². The third-order valence-corrected chi connectivity index (χ3v) is 2.71. The summed E-state index contributed by atoms with van der Waals surface area (Å²) in [6, 6.07) is 18.9. The fraction of sp³-hybridized carbons (Fsp3) is 0. The minimum absolute atomic E-state index is 0.625. The Balaban J connectivity index is 1.95. The van der Waals surface area contributed by atoms with Gasteiger partial charge in [0.1, 0.15) is 4.99 Å². The third kappa shape index (κ3) is 3.06. The maximum atomic E-state index is 8.69. The van der Waals surface area contributed by atoms with E-state index in [2.05, 4.69) is 16.9 Å². The summed E-state index contributed by atoms with van der Waals surface area (Å²) in [5, 5.41) is 8.69. The first-order chi connectivity index (χ1) is 8.79. The molecule has 88 valence electrons. The van der Waals surface area contributed by atoms with E-state index in [4.69, 9.17) is 17.5 Å². The summed E-state index contributed by atoms with van der Waals surface area (Å²) in [6.07, 6.45) is 0. The second-order valence-electron chi connectivity index (χ2n) is 3.63. The Labute approximate surface area is 111 Å². The fourth-order valence-electron chi connectivity index (χ4n) is 1.42. The monoisotopic (exact) mass is 253 g/mol. The summed E-state index contributed by atoms with van der Waals surface area (Å²) in [5.74, 6) is 0. The molecule has 3 nitrogen and oxygen atoms in total. The number of thiocarbonyl (C=S) groups is 1. The highest BCUT2D eigenvalue weighted by molar-refractivity contribution is 7.80. The molecule has 0 atom stereocenters. The molecule has 0 bridgehead atoms. The van der Waals surface area contributed by atoms with Crippen molar-refractivity contribution >= 4 is 22.9 Å². The molecule has 4 heteroatoms. The second kappa shape index (κ2) is 5.80. The average Bonchev–Trinajstić information content (AvgIpc) is 2.46. The highest BCUT2D eigenvalue weighted by Gasteiger charge is 1.99. The van der Waals surface area contributed by atoms with E-state index in [1.165, 1.54) is 0 Å². The van der Waals surface area contributed by atoms with Gasteiger partial charge in [0.05, 0.1) is 17.3 Å². The lowest BCUT2D eigenvalue weighted by Crippen LogP contribution is -2.28. The standard InChI is InChI=1S/C14H11N3S/c15-10-11-6-8-13(9-7-11)16-17-14(18)12-4-2-1-3-5-12/h1-9,16H,(H,17,18). The number of nitrogens with one attached hydrogen (secondary N) is 2. The summed E-state index contributed by atoms with van der Waals surface area (Å²) in [4.78, 5) is 0.625. The van der Waals surface area contributed by atoms with Gasteiger partial charge >= 0.3 is 0 Å². The van der Waals surface area contributed by atoms with Crippen LogP contribution in [0.2, 0.25) is 0 Å². The van der Waals surface area contributed by atoms with Crippen LogP contribution in [0.1, 0.15) is 11.1 Å². The third-order valence-electron chi connectivity index (χ3n) is 2.37. The Morgan fingerprint density at radius 1 is 1.00 bits per heavy atom. The number of anilines is 1. The zero-order chi connectivity index (χ0) is 12.8. The molecule has 0 fully saturated rings. The molecule has 0 radical (unpaired) electrons. The van der Waals surface area contributed by atoms with Crippen LogP contribution in [0.4, 0.5) is 5.69 Å². The van der Waals surface area contributed by atoms with Crippen LogP contribution in [0.3, 0.4) is 0 Å². The molecule has 0 spiro atoms. The van der Waals surface area contributed by atoms with Gasteiger partial charge in [-0.3, -0.25) is 5.43 Å². The molecular weight excluding hydrogens is 242 g/mol. The summed E-state index contributed by atoms with van der Waals surface area (Å²) >= 11 is 5.24. The summed E-state index contributed by atoms with van der Waals surface area (Å²) in [6.45, 7) is 0. The Morgan fingerprint density at radius 3 is 2.28 bits per heavy atom. The van der Waals surface area contributed by atoms with E-state index >= 15 is 0 Å². The predicted octanol–water partition coefficient (Wildman–Crippen LogP) is 2.85. The Kier molecular flexibility index (Phi) is 3.90. The molecule has 0 saturated carbocycles. The van der Waals surface area contributed by atoms with Crippen LogP contribution in [-0.4, -0.2) is 4.99 Å². The van der Waals surface area contributed by atoms with Crippen molar-refractivity contribution in [3.05, 3.63) is 65.7 Å². The van der Waals surface area contributed by atoms with Gasteiger partial charge in [0.2, 0.25) is 0 Å². The Hall–Kier alpha value is -2.38. The number of hydrogen-bond acceptors (Lipinski definition) is 3. The van der Waals surface area contributed by atoms with Crippen molar-refractivity contribution < 1.29 is 0 Å². The highest BCUT2D eigenvalue weighted by Crippen LogP contribution is 2.07. The number of hydrogen-bond donors (Lipinski definition) is 2. The van der Waals surface area contributed by atoms with E-state index in [1.54, 1.807) is 12.1 Å². The van der Waals surface area contributed by atoms with Gasteiger partial charge in [-0.25, -0.2) is 0 Å². The molecule has 0 aliphatic heterocycles.